The lowest BCUT2D eigenvalue weighted by atomic mass is 10.1. The average Bonchev–Trinajstić information content (AvgIpc) is 2.95. The Morgan fingerprint density at radius 3 is 2.18 bits per heavy atom. The molecule has 0 unspecified atom stereocenters. The van der Waals surface area contributed by atoms with E-state index >= 15 is 0 Å². The quantitative estimate of drug-likeness (QED) is 0.292. The van der Waals surface area contributed by atoms with Crippen LogP contribution in [-0.2, 0) is 26.2 Å². The summed E-state index contributed by atoms with van der Waals surface area (Å²) in [7, 11) is -4.11. The highest BCUT2D eigenvalue weighted by Gasteiger charge is 2.32. The SMILES string of the molecule is CCCNC(=O)[C@H](C)N(Cc1ccc(Br)cc1)C(=O)CN(c1ccc(OCC)cc1)S(=O)(=O)c1ccccc1. The first-order chi connectivity index (χ1) is 18.7. The summed E-state index contributed by atoms with van der Waals surface area (Å²) in [6, 6.07) is 21.1. The van der Waals surface area contributed by atoms with Gasteiger partial charge in [0.25, 0.3) is 10.0 Å². The highest BCUT2D eigenvalue weighted by molar-refractivity contribution is 9.10. The van der Waals surface area contributed by atoms with Crippen molar-refractivity contribution in [3.05, 3.63) is 88.9 Å². The standard InChI is InChI=1S/C29H34BrN3O5S/c1-4-19-31-29(35)22(3)32(20-23-11-13-24(30)14-12-23)28(34)21-33(25-15-17-26(18-16-25)38-5-2)39(36,37)27-9-7-6-8-10-27/h6-18,22H,4-5,19-21H2,1-3H3,(H,31,35)/t22-/m0/s1. The van der Waals surface area contributed by atoms with Crippen LogP contribution in [0.1, 0.15) is 32.8 Å². The number of carbonyl (C=O) groups excluding carboxylic acids is 2. The van der Waals surface area contributed by atoms with Crippen LogP contribution in [-0.4, -0.2) is 50.9 Å². The molecule has 1 N–H and O–H groups in total. The topological polar surface area (TPSA) is 96.0 Å². The molecule has 0 spiro atoms. The highest BCUT2D eigenvalue weighted by atomic mass is 79.9. The van der Waals surface area contributed by atoms with E-state index in [1.54, 1.807) is 49.4 Å². The maximum Gasteiger partial charge on any atom is 0.264 e. The highest BCUT2D eigenvalue weighted by Crippen LogP contribution is 2.26. The van der Waals surface area contributed by atoms with Gasteiger partial charge in [0, 0.05) is 17.6 Å². The summed E-state index contributed by atoms with van der Waals surface area (Å²) < 4.78 is 35.0. The third-order valence-corrected chi connectivity index (χ3v) is 8.35. The molecule has 3 aromatic rings. The van der Waals surface area contributed by atoms with Crippen molar-refractivity contribution in [2.75, 3.05) is 24.0 Å². The van der Waals surface area contributed by atoms with Crippen molar-refractivity contribution in [2.24, 2.45) is 0 Å². The van der Waals surface area contributed by atoms with Crippen LogP contribution >= 0.6 is 15.9 Å². The molecular weight excluding hydrogens is 582 g/mol. The Bertz CT molecular complexity index is 1330. The monoisotopic (exact) mass is 615 g/mol. The van der Waals surface area contributed by atoms with Gasteiger partial charge in [-0.15, -0.1) is 0 Å². The van der Waals surface area contributed by atoms with Gasteiger partial charge in [0.05, 0.1) is 17.2 Å². The molecule has 3 aromatic carbocycles. The number of benzene rings is 3. The smallest absolute Gasteiger partial charge is 0.264 e. The van der Waals surface area contributed by atoms with Crippen molar-refractivity contribution < 1.29 is 22.7 Å². The van der Waals surface area contributed by atoms with E-state index in [1.807, 2.05) is 38.1 Å². The predicted molar refractivity (Wildman–Crippen MR) is 156 cm³/mol. The van der Waals surface area contributed by atoms with Crippen LogP contribution in [0.25, 0.3) is 0 Å². The van der Waals surface area contributed by atoms with Crippen LogP contribution in [0, 0.1) is 0 Å². The molecule has 0 aliphatic carbocycles. The van der Waals surface area contributed by atoms with Gasteiger partial charge in [-0.25, -0.2) is 8.42 Å². The van der Waals surface area contributed by atoms with Gasteiger partial charge in [0.2, 0.25) is 11.8 Å². The number of ether oxygens (including phenoxy) is 1. The van der Waals surface area contributed by atoms with Crippen molar-refractivity contribution >= 4 is 43.5 Å². The van der Waals surface area contributed by atoms with Crippen molar-refractivity contribution in [1.29, 1.82) is 0 Å². The van der Waals surface area contributed by atoms with E-state index in [1.165, 1.54) is 17.0 Å². The molecule has 0 aliphatic heterocycles. The number of amides is 2. The van der Waals surface area contributed by atoms with Gasteiger partial charge in [-0.1, -0.05) is 53.2 Å². The van der Waals surface area contributed by atoms with E-state index in [0.29, 0.717) is 24.6 Å². The minimum absolute atomic E-state index is 0.0554. The van der Waals surface area contributed by atoms with E-state index < -0.39 is 28.5 Å². The normalized spacial score (nSPS) is 11.9. The molecule has 0 fully saturated rings. The fourth-order valence-corrected chi connectivity index (χ4v) is 5.59. The minimum Gasteiger partial charge on any atom is -0.494 e. The van der Waals surface area contributed by atoms with Gasteiger partial charge in [-0.3, -0.25) is 13.9 Å². The molecule has 208 valence electrons. The maximum absolute atomic E-state index is 13.9. The minimum atomic E-state index is -4.11. The van der Waals surface area contributed by atoms with Gasteiger partial charge >= 0.3 is 0 Å². The Morgan fingerprint density at radius 2 is 1.59 bits per heavy atom. The third kappa shape index (κ3) is 8.06. The maximum atomic E-state index is 13.9. The lowest BCUT2D eigenvalue weighted by Gasteiger charge is -2.32. The van der Waals surface area contributed by atoms with Gasteiger partial charge < -0.3 is 15.0 Å². The molecule has 0 aliphatic rings. The molecule has 0 heterocycles. The third-order valence-electron chi connectivity index (χ3n) is 6.03. The number of sulfonamides is 1. The van der Waals surface area contributed by atoms with Crippen molar-refractivity contribution in [2.45, 2.75) is 44.7 Å². The van der Waals surface area contributed by atoms with E-state index in [4.69, 9.17) is 4.74 Å². The first kappa shape index (κ1) is 30.2. The number of hydrogen-bond acceptors (Lipinski definition) is 5. The Labute approximate surface area is 239 Å². The number of rotatable bonds is 13. The number of carbonyl (C=O) groups is 2. The second-order valence-corrected chi connectivity index (χ2v) is 11.6. The van der Waals surface area contributed by atoms with E-state index in [0.717, 1.165) is 20.8 Å². The van der Waals surface area contributed by atoms with Gasteiger partial charge in [-0.05, 0) is 74.4 Å². The number of nitrogens with one attached hydrogen (secondary N) is 1. The Morgan fingerprint density at radius 1 is 0.949 bits per heavy atom. The second kappa shape index (κ2) is 14.1. The van der Waals surface area contributed by atoms with Crippen molar-refractivity contribution in [3.63, 3.8) is 0 Å². The molecule has 39 heavy (non-hydrogen) atoms. The predicted octanol–water partition coefficient (Wildman–Crippen LogP) is 4.99. The molecule has 0 bridgehead atoms. The van der Waals surface area contributed by atoms with E-state index in [2.05, 4.69) is 21.2 Å². The largest absolute Gasteiger partial charge is 0.494 e. The van der Waals surface area contributed by atoms with Gasteiger partial charge in [-0.2, -0.15) is 0 Å². The summed E-state index contributed by atoms with van der Waals surface area (Å²) in [4.78, 5) is 28.2. The zero-order chi connectivity index (χ0) is 28.4. The fourth-order valence-electron chi connectivity index (χ4n) is 3.89. The summed E-state index contributed by atoms with van der Waals surface area (Å²) in [5.41, 5.74) is 1.11. The molecule has 0 saturated heterocycles. The molecule has 8 nitrogen and oxygen atoms in total. The lowest BCUT2D eigenvalue weighted by Crippen LogP contribution is -2.51. The van der Waals surface area contributed by atoms with Crippen molar-refractivity contribution in [1.82, 2.24) is 10.2 Å². The molecule has 0 saturated carbocycles. The summed E-state index contributed by atoms with van der Waals surface area (Å²) >= 11 is 3.41. The average molecular weight is 617 g/mol. The molecule has 2 amide bonds. The second-order valence-electron chi connectivity index (χ2n) is 8.87. The van der Waals surface area contributed by atoms with E-state index in [9.17, 15) is 18.0 Å². The first-order valence-corrected chi connectivity index (χ1v) is 15.0. The summed E-state index contributed by atoms with van der Waals surface area (Å²) in [6.45, 7) is 6.03. The Balaban J connectivity index is 2.00. The number of hydrogen-bond donors (Lipinski definition) is 1. The summed E-state index contributed by atoms with van der Waals surface area (Å²) in [5, 5.41) is 2.84. The van der Waals surface area contributed by atoms with Crippen molar-refractivity contribution in [3.8, 4) is 5.75 Å². The van der Waals surface area contributed by atoms with Gasteiger partial charge in [0.1, 0.15) is 18.3 Å². The van der Waals surface area contributed by atoms with E-state index in [-0.39, 0.29) is 17.3 Å². The van der Waals surface area contributed by atoms with Gasteiger partial charge in [0.15, 0.2) is 0 Å². The summed E-state index contributed by atoms with van der Waals surface area (Å²) in [6.07, 6.45) is 0.750. The zero-order valence-corrected chi connectivity index (χ0v) is 24.7. The van der Waals surface area contributed by atoms with Crippen LogP contribution in [0.4, 0.5) is 5.69 Å². The van der Waals surface area contributed by atoms with Crippen LogP contribution in [0.5, 0.6) is 5.75 Å². The van der Waals surface area contributed by atoms with Crippen LogP contribution < -0.4 is 14.4 Å². The molecule has 0 aromatic heterocycles. The van der Waals surface area contributed by atoms with Crippen LogP contribution in [0.15, 0.2) is 88.2 Å². The molecule has 10 heteroatoms. The lowest BCUT2D eigenvalue weighted by molar-refractivity contribution is -0.139. The molecule has 1 atom stereocenters. The van der Waals surface area contributed by atoms with Crippen LogP contribution in [0.3, 0.4) is 0 Å². The van der Waals surface area contributed by atoms with Crippen LogP contribution in [0.2, 0.25) is 0 Å². The first-order valence-electron chi connectivity index (χ1n) is 12.8. The zero-order valence-electron chi connectivity index (χ0n) is 22.3. The Kier molecular flexibility index (Phi) is 10.9. The molecule has 0 radical (unpaired) electrons. The number of halogens is 1. The molecule has 3 rings (SSSR count). The number of nitrogens with zero attached hydrogens (tertiary/aromatic N) is 2. The number of anilines is 1. The summed E-state index contributed by atoms with van der Waals surface area (Å²) in [5.74, 6) is -0.228. The fraction of sp³-hybridized carbons (Fsp3) is 0.310. The Hall–Kier alpha value is -3.37. The molecular formula is C29H34BrN3O5S.